The van der Waals surface area contributed by atoms with Gasteiger partial charge in [-0.2, -0.15) is 13.2 Å². The Bertz CT molecular complexity index is 478. The molecule has 0 atom stereocenters. The monoisotopic (exact) mass is 252 g/mol. The number of carbonyl (C=O) groups is 1. The Balaban J connectivity index is 3.52. The van der Waals surface area contributed by atoms with Crippen molar-refractivity contribution in [3.05, 3.63) is 27.6 Å². The van der Waals surface area contributed by atoms with Crippen LogP contribution in [0.4, 0.5) is 18.9 Å². The number of alkyl halides is 3. The van der Waals surface area contributed by atoms with Crippen LogP contribution in [-0.2, 0) is 18.0 Å². The lowest BCUT2D eigenvalue weighted by molar-refractivity contribution is -0.388. The Morgan fingerprint density at radius 2 is 2.06 bits per heavy atom. The van der Waals surface area contributed by atoms with Gasteiger partial charge in [0.25, 0.3) is 5.69 Å². The van der Waals surface area contributed by atoms with Crippen LogP contribution in [-0.4, -0.2) is 22.6 Å². The summed E-state index contributed by atoms with van der Waals surface area (Å²) in [5, 5.41) is 10.5. The molecule has 0 spiro atoms. The minimum atomic E-state index is -4.93. The number of nitrogens with zero attached hydrogens (tertiary/aromatic N) is 2. The zero-order valence-electron chi connectivity index (χ0n) is 8.74. The average Bonchev–Trinajstić information content (AvgIpc) is 2.54. The minimum absolute atomic E-state index is 0.393. The van der Waals surface area contributed by atoms with Crippen LogP contribution in [0.2, 0.25) is 0 Å². The summed E-state index contributed by atoms with van der Waals surface area (Å²) < 4.78 is 42.3. The highest BCUT2D eigenvalue weighted by atomic mass is 19.4. The molecular weight excluding hydrogens is 245 g/mol. The van der Waals surface area contributed by atoms with Crippen molar-refractivity contribution in [3.63, 3.8) is 0 Å². The SMILES string of the molecule is COC(=O)c1cc([N+](=O)[O-])c(C(F)(F)F)n1C. The van der Waals surface area contributed by atoms with Gasteiger partial charge in [0.15, 0.2) is 0 Å². The Morgan fingerprint density at radius 3 is 2.35 bits per heavy atom. The summed E-state index contributed by atoms with van der Waals surface area (Å²) in [5.74, 6) is -1.08. The van der Waals surface area contributed by atoms with E-state index in [1.54, 1.807) is 0 Å². The predicted molar refractivity (Wildman–Crippen MR) is 48.4 cm³/mol. The van der Waals surface area contributed by atoms with E-state index in [1.807, 2.05) is 0 Å². The lowest BCUT2D eigenvalue weighted by Gasteiger charge is -2.08. The van der Waals surface area contributed by atoms with Crippen LogP contribution in [0, 0.1) is 10.1 Å². The van der Waals surface area contributed by atoms with Crippen LogP contribution in [0.5, 0.6) is 0 Å². The molecule has 0 saturated carbocycles. The van der Waals surface area contributed by atoms with Gasteiger partial charge >= 0.3 is 12.1 Å². The third-order valence-corrected chi connectivity index (χ3v) is 2.07. The molecule has 0 amide bonds. The Hall–Kier alpha value is -2.06. The van der Waals surface area contributed by atoms with E-state index in [4.69, 9.17) is 0 Å². The maximum Gasteiger partial charge on any atom is 0.438 e. The van der Waals surface area contributed by atoms with Gasteiger partial charge in [0.05, 0.1) is 12.0 Å². The quantitative estimate of drug-likeness (QED) is 0.456. The normalized spacial score (nSPS) is 11.4. The first-order valence-electron chi connectivity index (χ1n) is 4.19. The standard InChI is InChI=1S/C8H7F3N2O4/c1-12-5(7(14)17-2)3-4(13(15)16)6(12)8(9,10)11/h3H,1-2H3. The number of hydrogen-bond donors (Lipinski definition) is 0. The summed E-state index contributed by atoms with van der Waals surface area (Å²) in [5.41, 5.74) is -3.21. The topological polar surface area (TPSA) is 74.4 Å². The Labute approximate surface area is 92.7 Å². The largest absolute Gasteiger partial charge is 0.464 e. The second kappa shape index (κ2) is 4.07. The van der Waals surface area contributed by atoms with Gasteiger partial charge < -0.3 is 9.30 Å². The van der Waals surface area contributed by atoms with Gasteiger partial charge in [-0.25, -0.2) is 4.79 Å². The van der Waals surface area contributed by atoms with Crippen LogP contribution < -0.4 is 0 Å². The summed E-state index contributed by atoms with van der Waals surface area (Å²) >= 11 is 0. The minimum Gasteiger partial charge on any atom is -0.464 e. The van der Waals surface area contributed by atoms with E-state index in [1.165, 1.54) is 0 Å². The molecule has 1 aromatic heterocycles. The first-order valence-corrected chi connectivity index (χ1v) is 4.19. The lowest BCUT2D eigenvalue weighted by Crippen LogP contribution is -2.16. The van der Waals surface area contributed by atoms with E-state index < -0.39 is 34.1 Å². The molecule has 0 unspecified atom stereocenters. The van der Waals surface area contributed by atoms with Crippen molar-refractivity contribution in [2.24, 2.45) is 7.05 Å². The van der Waals surface area contributed by atoms with Crippen LogP contribution in [0.1, 0.15) is 16.2 Å². The number of ether oxygens (including phenoxy) is 1. The van der Waals surface area contributed by atoms with Crippen molar-refractivity contribution in [3.8, 4) is 0 Å². The van der Waals surface area contributed by atoms with Crippen molar-refractivity contribution < 1.29 is 27.6 Å². The molecule has 94 valence electrons. The number of aromatic nitrogens is 1. The second-order valence-electron chi connectivity index (χ2n) is 3.07. The molecule has 0 aliphatic rings. The first-order chi connectivity index (χ1) is 7.70. The van der Waals surface area contributed by atoms with Gasteiger partial charge in [-0.3, -0.25) is 10.1 Å². The molecule has 0 aliphatic heterocycles. The zero-order valence-corrected chi connectivity index (χ0v) is 8.74. The molecule has 0 aliphatic carbocycles. The smallest absolute Gasteiger partial charge is 0.438 e. The highest BCUT2D eigenvalue weighted by Crippen LogP contribution is 2.37. The molecule has 0 N–H and O–H groups in total. The van der Waals surface area contributed by atoms with E-state index in [0.29, 0.717) is 10.6 Å². The van der Waals surface area contributed by atoms with Crippen LogP contribution in [0.3, 0.4) is 0 Å². The number of rotatable bonds is 2. The molecule has 1 aromatic rings. The summed E-state index contributed by atoms with van der Waals surface area (Å²) in [4.78, 5) is 20.4. The van der Waals surface area contributed by atoms with Crippen LogP contribution in [0.25, 0.3) is 0 Å². The van der Waals surface area contributed by atoms with Crippen molar-refractivity contribution in [2.45, 2.75) is 6.18 Å². The summed E-state index contributed by atoms with van der Waals surface area (Å²) in [6.45, 7) is 0. The van der Waals surface area contributed by atoms with E-state index >= 15 is 0 Å². The van der Waals surface area contributed by atoms with Gasteiger partial charge in [-0.15, -0.1) is 0 Å². The highest BCUT2D eigenvalue weighted by molar-refractivity contribution is 5.89. The van der Waals surface area contributed by atoms with Gasteiger partial charge in [0.1, 0.15) is 5.69 Å². The second-order valence-corrected chi connectivity index (χ2v) is 3.07. The fourth-order valence-electron chi connectivity index (χ4n) is 1.36. The molecular formula is C8H7F3N2O4. The number of halogens is 3. The van der Waals surface area contributed by atoms with E-state index in [2.05, 4.69) is 4.74 Å². The molecule has 0 aromatic carbocycles. The van der Waals surface area contributed by atoms with Crippen molar-refractivity contribution in [1.82, 2.24) is 4.57 Å². The van der Waals surface area contributed by atoms with Crippen molar-refractivity contribution in [1.29, 1.82) is 0 Å². The molecule has 0 fully saturated rings. The predicted octanol–water partition coefficient (Wildman–Crippen LogP) is 1.74. The molecule has 9 heteroatoms. The Morgan fingerprint density at radius 1 is 1.53 bits per heavy atom. The van der Waals surface area contributed by atoms with Crippen LogP contribution >= 0.6 is 0 Å². The summed E-state index contributed by atoms with van der Waals surface area (Å²) in [6.07, 6.45) is -4.93. The van der Waals surface area contributed by atoms with Gasteiger partial charge in [-0.05, 0) is 0 Å². The van der Waals surface area contributed by atoms with Gasteiger partial charge in [0, 0.05) is 13.1 Å². The molecule has 0 radical (unpaired) electrons. The number of carbonyl (C=O) groups excluding carboxylic acids is 1. The maximum absolute atomic E-state index is 12.6. The molecule has 0 saturated heterocycles. The summed E-state index contributed by atoms with van der Waals surface area (Å²) in [6, 6.07) is 0.536. The van der Waals surface area contributed by atoms with Gasteiger partial charge in [0.2, 0.25) is 5.69 Å². The highest BCUT2D eigenvalue weighted by Gasteiger charge is 2.43. The molecule has 17 heavy (non-hydrogen) atoms. The fourth-order valence-corrected chi connectivity index (χ4v) is 1.36. The summed E-state index contributed by atoms with van der Waals surface area (Å²) in [7, 11) is 1.87. The number of methoxy groups -OCH3 is 1. The van der Waals surface area contributed by atoms with Crippen molar-refractivity contribution >= 4 is 11.7 Å². The average molecular weight is 252 g/mol. The van der Waals surface area contributed by atoms with Gasteiger partial charge in [-0.1, -0.05) is 0 Å². The molecule has 0 bridgehead atoms. The zero-order chi connectivity index (χ0) is 13.4. The fraction of sp³-hybridized carbons (Fsp3) is 0.375. The molecule has 1 rings (SSSR count). The van der Waals surface area contributed by atoms with Crippen LogP contribution in [0.15, 0.2) is 6.07 Å². The Kier molecular flexibility index (Phi) is 3.12. The third-order valence-electron chi connectivity index (χ3n) is 2.07. The lowest BCUT2D eigenvalue weighted by atomic mass is 10.3. The third kappa shape index (κ3) is 2.22. The van der Waals surface area contributed by atoms with E-state index in [0.717, 1.165) is 14.2 Å². The van der Waals surface area contributed by atoms with Crippen molar-refractivity contribution in [2.75, 3.05) is 7.11 Å². The first kappa shape index (κ1) is 13.0. The number of esters is 1. The molecule has 1 heterocycles. The van der Waals surface area contributed by atoms with E-state index in [-0.39, 0.29) is 0 Å². The number of hydrogen-bond acceptors (Lipinski definition) is 4. The maximum atomic E-state index is 12.6. The number of nitro groups is 1. The van der Waals surface area contributed by atoms with E-state index in [9.17, 15) is 28.1 Å². The molecule has 6 nitrogen and oxygen atoms in total.